The Morgan fingerprint density at radius 3 is 2.73 bits per heavy atom. The zero-order valence-electron chi connectivity index (χ0n) is 16.1. The van der Waals surface area contributed by atoms with Crippen LogP contribution in [0.15, 0.2) is 72.1 Å². The SMILES string of the molecule is O=C(Nc1ccc2nc(CCc3ccccc3)[nH]c2c1)c1cc(-c2cccs2)[nH]n1. The molecule has 0 spiro atoms. The van der Waals surface area contributed by atoms with Gasteiger partial charge in [-0.2, -0.15) is 5.10 Å². The number of aryl methyl sites for hydroxylation is 2. The van der Waals surface area contributed by atoms with E-state index in [-0.39, 0.29) is 5.91 Å². The molecule has 3 aromatic heterocycles. The monoisotopic (exact) mass is 413 g/mol. The van der Waals surface area contributed by atoms with Gasteiger partial charge < -0.3 is 10.3 Å². The number of nitrogens with zero attached hydrogens (tertiary/aromatic N) is 2. The van der Waals surface area contributed by atoms with Crippen LogP contribution in [0.5, 0.6) is 0 Å². The summed E-state index contributed by atoms with van der Waals surface area (Å²) < 4.78 is 0. The molecule has 0 radical (unpaired) electrons. The summed E-state index contributed by atoms with van der Waals surface area (Å²) in [7, 11) is 0. The maximum absolute atomic E-state index is 12.6. The van der Waals surface area contributed by atoms with Gasteiger partial charge in [0.25, 0.3) is 5.91 Å². The molecule has 5 aromatic rings. The fraction of sp³-hybridized carbons (Fsp3) is 0.0870. The highest BCUT2D eigenvalue weighted by molar-refractivity contribution is 7.13. The molecule has 148 valence electrons. The van der Waals surface area contributed by atoms with Crippen LogP contribution in [0, 0.1) is 0 Å². The molecule has 0 fully saturated rings. The number of hydrogen-bond acceptors (Lipinski definition) is 4. The van der Waals surface area contributed by atoms with E-state index in [0.29, 0.717) is 11.4 Å². The third kappa shape index (κ3) is 3.88. The van der Waals surface area contributed by atoms with E-state index in [1.807, 2.05) is 53.9 Å². The molecule has 0 unspecified atom stereocenters. The highest BCUT2D eigenvalue weighted by Crippen LogP contribution is 2.24. The van der Waals surface area contributed by atoms with E-state index in [1.165, 1.54) is 5.56 Å². The predicted molar refractivity (Wildman–Crippen MR) is 120 cm³/mol. The molecule has 1 amide bonds. The second kappa shape index (κ2) is 7.96. The Morgan fingerprint density at radius 1 is 1.00 bits per heavy atom. The number of carbonyl (C=O) groups is 1. The molecule has 3 N–H and O–H groups in total. The zero-order valence-corrected chi connectivity index (χ0v) is 16.9. The average Bonchev–Trinajstić information content (AvgIpc) is 3.52. The molecule has 2 aromatic carbocycles. The van der Waals surface area contributed by atoms with Crippen LogP contribution in [0.25, 0.3) is 21.6 Å². The Balaban J connectivity index is 1.28. The number of amides is 1. The lowest BCUT2D eigenvalue weighted by Crippen LogP contribution is -2.12. The second-order valence-electron chi connectivity index (χ2n) is 7.00. The van der Waals surface area contributed by atoms with Gasteiger partial charge in [-0.05, 0) is 47.7 Å². The largest absolute Gasteiger partial charge is 0.342 e. The van der Waals surface area contributed by atoms with Crippen molar-refractivity contribution >= 4 is 34.0 Å². The highest BCUT2D eigenvalue weighted by atomic mass is 32.1. The molecule has 0 bridgehead atoms. The molecule has 0 saturated carbocycles. The van der Waals surface area contributed by atoms with Crippen LogP contribution < -0.4 is 5.32 Å². The standard InChI is InChI=1S/C23H19N5OS/c29-23(20-14-19(27-28-20)21-7-4-12-30-21)24-16-9-10-17-18(13-16)26-22(25-17)11-8-15-5-2-1-3-6-15/h1-7,9-10,12-14H,8,11H2,(H,24,29)(H,25,26)(H,27,28). The van der Waals surface area contributed by atoms with Crippen LogP contribution in [-0.2, 0) is 12.8 Å². The Morgan fingerprint density at radius 2 is 1.90 bits per heavy atom. The quantitative estimate of drug-likeness (QED) is 0.364. The Kier molecular flexibility index (Phi) is 4.86. The van der Waals surface area contributed by atoms with Crippen LogP contribution in [0.3, 0.4) is 0 Å². The summed E-state index contributed by atoms with van der Waals surface area (Å²) in [5, 5.41) is 12.0. The Hall–Kier alpha value is -3.71. The highest BCUT2D eigenvalue weighted by Gasteiger charge is 2.13. The predicted octanol–water partition coefficient (Wildman–Crippen LogP) is 5.05. The smallest absolute Gasteiger partial charge is 0.276 e. The van der Waals surface area contributed by atoms with Crippen LogP contribution in [0.2, 0.25) is 0 Å². The average molecular weight is 414 g/mol. The molecule has 0 aliphatic rings. The third-order valence-corrected chi connectivity index (χ3v) is 5.78. The van der Waals surface area contributed by atoms with Crippen molar-refractivity contribution in [2.24, 2.45) is 0 Å². The fourth-order valence-corrected chi connectivity index (χ4v) is 4.05. The second-order valence-corrected chi connectivity index (χ2v) is 7.95. The first-order chi connectivity index (χ1) is 14.7. The number of anilines is 1. The Labute approximate surface area is 177 Å². The Bertz CT molecular complexity index is 1290. The maximum atomic E-state index is 12.6. The van der Waals surface area contributed by atoms with Gasteiger partial charge in [0, 0.05) is 12.1 Å². The molecule has 0 saturated heterocycles. The van der Waals surface area contributed by atoms with E-state index in [9.17, 15) is 4.79 Å². The number of fused-ring (bicyclic) bond motifs is 1. The minimum absolute atomic E-state index is 0.253. The van der Waals surface area contributed by atoms with Gasteiger partial charge in [-0.1, -0.05) is 36.4 Å². The molecular formula is C23H19N5OS. The summed E-state index contributed by atoms with van der Waals surface area (Å²) >= 11 is 1.60. The van der Waals surface area contributed by atoms with Gasteiger partial charge in [0.1, 0.15) is 5.82 Å². The van der Waals surface area contributed by atoms with E-state index in [2.05, 4.69) is 37.6 Å². The number of nitrogens with one attached hydrogen (secondary N) is 3. The molecular weight excluding hydrogens is 394 g/mol. The number of hydrogen-bond donors (Lipinski definition) is 3. The number of rotatable bonds is 6. The topological polar surface area (TPSA) is 86.5 Å². The molecule has 7 heteroatoms. The summed E-state index contributed by atoms with van der Waals surface area (Å²) in [6.45, 7) is 0. The van der Waals surface area contributed by atoms with Gasteiger partial charge >= 0.3 is 0 Å². The first-order valence-electron chi connectivity index (χ1n) is 9.68. The first-order valence-corrected chi connectivity index (χ1v) is 10.6. The number of aromatic amines is 2. The van der Waals surface area contributed by atoms with E-state index in [4.69, 9.17) is 0 Å². The van der Waals surface area contributed by atoms with Gasteiger partial charge in [0.05, 0.1) is 21.6 Å². The van der Waals surface area contributed by atoms with Crippen molar-refractivity contribution in [2.45, 2.75) is 12.8 Å². The van der Waals surface area contributed by atoms with Crippen molar-refractivity contribution in [1.29, 1.82) is 0 Å². The summed E-state index contributed by atoms with van der Waals surface area (Å²) in [5.41, 5.74) is 4.96. The molecule has 3 heterocycles. The normalized spacial score (nSPS) is 11.1. The molecule has 0 aliphatic carbocycles. The lowest BCUT2D eigenvalue weighted by molar-refractivity contribution is 0.102. The summed E-state index contributed by atoms with van der Waals surface area (Å²) in [6.07, 6.45) is 1.76. The number of thiophene rings is 1. The minimum Gasteiger partial charge on any atom is -0.342 e. The van der Waals surface area contributed by atoms with Gasteiger partial charge in [0.15, 0.2) is 5.69 Å². The van der Waals surface area contributed by atoms with Gasteiger partial charge in [-0.3, -0.25) is 9.89 Å². The van der Waals surface area contributed by atoms with E-state index < -0.39 is 0 Å². The van der Waals surface area contributed by atoms with E-state index in [1.54, 1.807) is 17.4 Å². The van der Waals surface area contributed by atoms with Crippen molar-refractivity contribution in [1.82, 2.24) is 20.2 Å². The number of imidazole rings is 1. The summed E-state index contributed by atoms with van der Waals surface area (Å²) in [4.78, 5) is 21.6. The van der Waals surface area contributed by atoms with Crippen LogP contribution >= 0.6 is 11.3 Å². The molecule has 0 atom stereocenters. The number of benzene rings is 2. The minimum atomic E-state index is -0.253. The molecule has 5 rings (SSSR count). The number of H-pyrrole nitrogens is 2. The lowest BCUT2D eigenvalue weighted by atomic mass is 10.1. The van der Waals surface area contributed by atoms with Crippen molar-refractivity contribution < 1.29 is 4.79 Å². The number of aromatic nitrogens is 4. The molecule has 6 nitrogen and oxygen atoms in total. The maximum Gasteiger partial charge on any atom is 0.276 e. The molecule has 0 aliphatic heterocycles. The number of carbonyl (C=O) groups excluding carboxylic acids is 1. The van der Waals surface area contributed by atoms with Crippen molar-refractivity contribution in [2.75, 3.05) is 5.32 Å². The van der Waals surface area contributed by atoms with E-state index in [0.717, 1.165) is 40.3 Å². The third-order valence-electron chi connectivity index (χ3n) is 4.88. The first kappa shape index (κ1) is 18.3. The van der Waals surface area contributed by atoms with Crippen LogP contribution in [0.1, 0.15) is 21.9 Å². The van der Waals surface area contributed by atoms with Crippen molar-refractivity contribution in [3.8, 4) is 10.6 Å². The van der Waals surface area contributed by atoms with Gasteiger partial charge in [0.2, 0.25) is 0 Å². The van der Waals surface area contributed by atoms with E-state index >= 15 is 0 Å². The van der Waals surface area contributed by atoms with Gasteiger partial charge in [-0.25, -0.2) is 4.98 Å². The van der Waals surface area contributed by atoms with Crippen molar-refractivity contribution in [3.05, 3.63) is 89.2 Å². The summed E-state index contributed by atoms with van der Waals surface area (Å²) in [6, 6.07) is 21.7. The summed E-state index contributed by atoms with van der Waals surface area (Å²) in [5.74, 6) is 0.683. The van der Waals surface area contributed by atoms with Crippen LogP contribution in [0.4, 0.5) is 5.69 Å². The fourth-order valence-electron chi connectivity index (χ4n) is 3.36. The van der Waals surface area contributed by atoms with Crippen LogP contribution in [-0.4, -0.2) is 26.1 Å². The van der Waals surface area contributed by atoms with Crippen molar-refractivity contribution in [3.63, 3.8) is 0 Å². The van der Waals surface area contributed by atoms with Gasteiger partial charge in [-0.15, -0.1) is 11.3 Å². The zero-order chi connectivity index (χ0) is 20.3. The lowest BCUT2D eigenvalue weighted by Gasteiger charge is -2.02. The molecule has 30 heavy (non-hydrogen) atoms.